The van der Waals surface area contributed by atoms with Crippen LogP contribution in [0.25, 0.3) is 0 Å². The molecule has 0 spiro atoms. The highest BCUT2D eigenvalue weighted by molar-refractivity contribution is 5.75. The van der Waals surface area contributed by atoms with Crippen LogP contribution in [0.4, 0.5) is 0 Å². The van der Waals surface area contributed by atoms with Gasteiger partial charge in [0.15, 0.2) is 0 Å². The zero-order valence-electron chi connectivity index (χ0n) is 12.7. The molecule has 0 aliphatic heterocycles. The minimum atomic E-state index is -0.768. The molecule has 0 atom stereocenters. The van der Waals surface area contributed by atoms with Crippen molar-refractivity contribution in [1.82, 2.24) is 10.2 Å². The minimum Gasteiger partial charge on any atom is -0.389 e. The number of hydrogen-bond acceptors (Lipinski definition) is 3. The lowest BCUT2D eigenvalue weighted by molar-refractivity contribution is -0.121. The van der Waals surface area contributed by atoms with E-state index in [1.807, 2.05) is 25.1 Å². The van der Waals surface area contributed by atoms with E-state index >= 15 is 0 Å². The van der Waals surface area contributed by atoms with Crippen molar-refractivity contribution < 1.29 is 9.90 Å². The van der Waals surface area contributed by atoms with Crippen LogP contribution in [0.3, 0.4) is 0 Å². The van der Waals surface area contributed by atoms with E-state index in [0.29, 0.717) is 26.1 Å². The number of nitrogens with zero attached hydrogens (tertiary/aromatic N) is 1. The van der Waals surface area contributed by atoms with E-state index in [-0.39, 0.29) is 5.91 Å². The summed E-state index contributed by atoms with van der Waals surface area (Å²) in [5, 5.41) is 12.8. The second kappa shape index (κ2) is 8.02. The van der Waals surface area contributed by atoms with Crippen molar-refractivity contribution in [2.45, 2.75) is 39.3 Å². The smallest absolute Gasteiger partial charge is 0.221 e. The molecule has 0 unspecified atom stereocenters. The van der Waals surface area contributed by atoms with E-state index in [2.05, 4.69) is 22.3 Å². The summed E-state index contributed by atoms with van der Waals surface area (Å²) >= 11 is 0. The Labute approximate surface area is 121 Å². The molecule has 4 nitrogen and oxygen atoms in total. The van der Waals surface area contributed by atoms with Crippen molar-refractivity contribution in [3.05, 3.63) is 35.9 Å². The molecule has 0 saturated carbocycles. The van der Waals surface area contributed by atoms with Gasteiger partial charge in [-0.05, 0) is 26.3 Å². The van der Waals surface area contributed by atoms with Gasteiger partial charge in [-0.2, -0.15) is 0 Å². The predicted molar refractivity (Wildman–Crippen MR) is 81.3 cm³/mol. The van der Waals surface area contributed by atoms with Gasteiger partial charge < -0.3 is 10.4 Å². The Morgan fingerprint density at radius 3 is 2.50 bits per heavy atom. The average molecular weight is 278 g/mol. The van der Waals surface area contributed by atoms with Crippen molar-refractivity contribution in [3.63, 3.8) is 0 Å². The molecular weight excluding hydrogens is 252 g/mol. The Hall–Kier alpha value is -1.39. The topological polar surface area (TPSA) is 52.6 Å². The van der Waals surface area contributed by atoms with E-state index in [4.69, 9.17) is 0 Å². The first-order valence-corrected chi connectivity index (χ1v) is 7.16. The van der Waals surface area contributed by atoms with Crippen LogP contribution in [0.15, 0.2) is 30.3 Å². The second-order valence-electron chi connectivity index (χ2n) is 5.71. The minimum absolute atomic E-state index is 0.0568. The van der Waals surface area contributed by atoms with Crippen LogP contribution < -0.4 is 5.32 Å². The summed E-state index contributed by atoms with van der Waals surface area (Å²) in [6, 6.07) is 10.1. The second-order valence-corrected chi connectivity index (χ2v) is 5.71. The SMILES string of the molecule is CCNC(=O)CCN(Cc1ccccc1)CC(C)(C)O. The Morgan fingerprint density at radius 2 is 1.95 bits per heavy atom. The van der Waals surface area contributed by atoms with Crippen molar-refractivity contribution in [1.29, 1.82) is 0 Å². The van der Waals surface area contributed by atoms with Gasteiger partial charge >= 0.3 is 0 Å². The van der Waals surface area contributed by atoms with E-state index in [1.54, 1.807) is 13.8 Å². The molecule has 0 bridgehead atoms. The number of carbonyl (C=O) groups is 1. The van der Waals surface area contributed by atoms with Crippen LogP contribution in [-0.2, 0) is 11.3 Å². The maximum absolute atomic E-state index is 11.6. The zero-order chi connectivity index (χ0) is 15.0. The van der Waals surface area contributed by atoms with Crippen LogP contribution >= 0.6 is 0 Å². The highest BCUT2D eigenvalue weighted by atomic mass is 16.3. The number of aliphatic hydroxyl groups is 1. The van der Waals surface area contributed by atoms with E-state index in [1.165, 1.54) is 5.56 Å². The quantitative estimate of drug-likeness (QED) is 0.762. The summed E-state index contributed by atoms with van der Waals surface area (Å²) in [6.07, 6.45) is 0.455. The van der Waals surface area contributed by atoms with Crippen molar-refractivity contribution in [2.24, 2.45) is 0 Å². The van der Waals surface area contributed by atoms with E-state index in [0.717, 1.165) is 6.54 Å². The lowest BCUT2D eigenvalue weighted by Gasteiger charge is -2.29. The first-order valence-electron chi connectivity index (χ1n) is 7.16. The number of hydrogen-bond donors (Lipinski definition) is 2. The zero-order valence-corrected chi connectivity index (χ0v) is 12.7. The van der Waals surface area contributed by atoms with Crippen molar-refractivity contribution in [2.75, 3.05) is 19.6 Å². The first-order chi connectivity index (χ1) is 9.40. The van der Waals surface area contributed by atoms with Gasteiger partial charge in [0.2, 0.25) is 5.91 Å². The third-order valence-corrected chi connectivity index (χ3v) is 2.89. The molecule has 2 N–H and O–H groups in total. The molecule has 4 heteroatoms. The van der Waals surface area contributed by atoms with Crippen LogP contribution in [0.1, 0.15) is 32.8 Å². The van der Waals surface area contributed by atoms with Gasteiger partial charge in [0.25, 0.3) is 0 Å². The lowest BCUT2D eigenvalue weighted by atomic mass is 10.1. The van der Waals surface area contributed by atoms with Gasteiger partial charge in [0, 0.05) is 32.6 Å². The van der Waals surface area contributed by atoms with Gasteiger partial charge in [-0.15, -0.1) is 0 Å². The van der Waals surface area contributed by atoms with Crippen molar-refractivity contribution >= 4 is 5.91 Å². The van der Waals surface area contributed by atoms with Gasteiger partial charge in [-0.1, -0.05) is 30.3 Å². The number of amides is 1. The molecule has 0 radical (unpaired) electrons. The molecule has 20 heavy (non-hydrogen) atoms. The first kappa shape index (κ1) is 16.7. The molecule has 0 heterocycles. The predicted octanol–water partition coefficient (Wildman–Crippen LogP) is 1.79. The number of benzene rings is 1. The fourth-order valence-electron chi connectivity index (χ4n) is 2.15. The molecule has 0 fully saturated rings. The largest absolute Gasteiger partial charge is 0.389 e. The monoisotopic (exact) mass is 278 g/mol. The molecule has 0 aliphatic carbocycles. The molecule has 1 aromatic carbocycles. The van der Waals surface area contributed by atoms with Crippen LogP contribution in [0.2, 0.25) is 0 Å². The number of rotatable bonds is 8. The van der Waals surface area contributed by atoms with Crippen molar-refractivity contribution in [3.8, 4) is 0 Å². The fraction of sp³-hybridized carbons (Fsp3) is 0.562. The molecule has 1 aromatic rings. The molecule has 1 amide bonds. The maximum atomic E-state index is 11.6. The average Bonchev–Trinajstić information content (AvgIpc) is 2.36. The molecule has 0 aromatic heterocycles. The molecule has 112 valence electrons. The summed E-state index contributed by atoms with van der Waals surface area (Å²) in [6.45, 7) is 8.07. The summed E-state index contributed by atoms with van der Waals surface area (Å²) in [5.74, 6) is 0.0568. The van der Waals surface area contributed by atoms with Gasteiger partial charge in [-0.3, -0.25) is 9.69 Å². The Bertz CT molecular complexity index is 399. The lowest BCUT2D eigenvalue weighted by Crippen LogP contribution is -2.40. The highest BCUT2D eigenvalue weighted by Gasteiger charge is 2.19. The van der Waals surface area contributed by atoms with Gasteiger partial charge in [-0.25, -0.2) is 0 Å². The standard InChI is InChI=1S/C16H26N2O2/c1-4-17-15(19)10-11-18(13-16(2,3)20)12-14-8-6-5-7-9-14/h5-9,20H,4,10-13H2,1-3H3,(H,17,19). The molecular formula is C16H26N2O2. The van der Waals surface area contributed by atoms with Gasteiger partial charge in [0.05, 0.1) is 5.60 Å². The summed E-state index contributed by atoms with van der Waals surface area (Å²) < 4.78 is 0. The maximum Gasteiger partial charge on any atom is 0.221 e. The van der Waals surface area contributed by atoms with Crippen LogP contribution in [0, 0.1) is 0 Å². The van der Waals surface area contributed by atoms with Crippen LogP contribution in [0.5, 0.6) is 0 Å². The normalized spacial score (nSPS) is 11.7. The molecule has 0 saturated heterocycles. The highest BCUT2D eigenvalue weighted by Crippen LogP contribution is 2.10. The van der Waals surface area contributed by atoms with Crippen LogP contribution in [-0.4, -0.2) is 41.1 Å². The molecule has 0 aliphatic rings. The summed E-state index contributed by atoms with van der Waals surface area (Å²) in [5.41, 5.74) is 0.420. The Balaban J connectivity index is 2.58. The van der Waals surface area contributed by atoms with Gasteiger partial charge in [0.1, 0.15) is 0 Å². The Morgan fingerprint density at radius 1 is 1.30 bits per heavy atom. The fourth-order valence-corrected chi connectivity index (χ4v) is 2.15. The third-order valence-electron chi connectivity index (χ3n) is 2.89. The summed E-state index contributed by atoms with van der Waals surface area (Å²) in [7, 11) is 0. The summed E-state index contributed by atoms with van der Waals surface area (Å²) in [4.78, 5) is 13.7. The van der Waals surface area contributed by atoms with E-state index in [9.17, 15) is 9.90 Å². The molecule has 1 rings (SSSR count). The van der Waals surface area contributed by atoms with E-state index < -0.39 is 5.60 Å². The third kappa shape index (κ3) is 7.26. The number of nitrogens with one attached hydrogen (secondary N) is 1. The number of carbonyl (C=O) groups excluding carboxylic acids is 1. The Kier molecular flexibility index (Phi) is 6.68.